The van der Waals surface area contributed by atoms with Crippen LogP contribution >= 0.6 is 11.6 Å². The number of nitrogens with two attached hydrogens (primary N) is 1. The Morgan fingerprint density at radius 2 is 2.10 bits per heavy atom. The highest BCUT2D eigenvalue weighted by Crippen LogP contribution is 2.29. The van der Waals surface area contributed by atoms with Crippen molar-refractivity contribution in [3.8, 4) is 0 Å². The van der Waals surface area contributed by atoms with Crippen LogP contribution in [0.5, 0.6) is 0 Å². The zero-order chi connectivity index (χ0) is 27.5. The Kier molecular flexibility index (Phi) is 7.75. The van der Waals surface area contributed by atoms with Gasteiger partial charge in [-0.05, 0) is 44.1 Å². The standard InChI is InChI=1S/C26H30ClN9O3/c1-3-34(4-2)11-6-8-20(37)35-12-5-7-17(14-35)36-24-21(23(28)29-15-30-24)22(33-36)25(38)32-26-31-18-13-16(27)9-10-19(18)39-26/h6,8-10,13,15,17H,3-5,7,11-12,14H2,1-2H3,(H2,28,29,30)(H,31,32,38)/t17-/m1/s1. The molecular formula is C26H30ClN9O3. The third-order valence-corrected chi connectivity index (χ3v) is 7.11. The second-order valence-corrected chi connectivity index (χ2v) is 9.74. The van der Waals surface area contributed by atoms with Crippen molar-refractivity contribution in [1.29, 1.82) is 0 Å². The molecule has 204 valence electrons. The number of nitrogen functional groups attached to an aromatic ring is 1. The van der Waals surface area contributed by atoms with Crippen LogP contribution in [0.1, 0.15) is 43.2 Å². The quantitative estimate of drug-likeness (QED) is 0.314. The van der Waals surface area contributed by atoms with Gasteiger partial charge in [-0.15, -0.1) is 0 Å². The maximum absolute atomic E-state index is 13.3. The van der Waals surface area contributed by atoms with Crippen molar-refractivity contribution in [2.24, 2.45) is 0 Å². The summed E-state index contributed by atoms with van der Waals surface area (Å²) in [6.07, 6.45) is 6.42. The van der Waals surface area contributed by atoms with Gasteiger partial charge in [0.25, 0.3) is 5.91 Å². The Hall–Kier alpha value is -4.03. The van der Waals surface area contributed by atoms with E-state index in [9.17, 15) is 9.59 Å². The number of benzene rings is 1. The molecule has 5 rings (SSSR count). The molecule has 4 heterocycles. The van der Waals surface area contributed by atoms with Gasteiger partial charge in [0.2, 0.25) is 5.91 Å². The molecule has 3 aromatic heterocycles. The van der Waals surface area contributed by atoms with E-state index >= 15 is 0 Å². The monoisotopic (exact) mass is 551 g/mol. The van der Waals surface area contributed by atoms with E-state index in [4.69, 9.17) is 21.8 Å². The number of rotatable bonds is 8. The summed E-state index contributed by atoms with van der Waals surface area (Å²) in [5.41, 5.74) is 7.63. The Morgan fingerprint density at radius 1 is 1.28 bits per heavy atom. The molecule has 0 radical (unpaired) electrons. The highest BCUT2D eigenvalue weighted by Gasteiger charge is 2.30. The zero-order valence-corrected chi connectivity index (χ0v) is 22.6. The summed E-state index contributed by atoms with van der Waals surface area (Å²) in [7, 11) is 0. The largest absolute Gasteiger partial charge is 0.423 e. The van der Waals surface area contributed by atoms with Gasteiger partial charge in [-0.1, -0.05) is 31.5 Å². The average Bonchev–Trinajstić information content (AvgIpc) is 3.52. The summed E-state index contributed by atoms with van der Waals surface area (Å²) < 4.78 is 7.30. The molecule has 0 aliphatic carbocycles. The third-order valence-electron chi connectivity index (χ3n) is 6.88. The molecule has 4 aromatic rings. The van der Waals surface area contributed by atoms with E-state index in [-0.39, 0.29) is 29.5 Å². The predicted molar refractivity (Wildman–Crippen MR) is 148 cm³/mol. The number of nitrogens with zero attached hydrogens (tertiary/aromatic N) is 7. The lowest BCUT2D eigenvalue weighted by atomic mass is 10.1. The number of carbonyl (C=O) groups is 2. The van der Waals surface area contributed by atoms with E-state index in [1.165, 1.54) is 6.33 Å². The highest BCUT2D eigenvalue weighted by atomic mass is 35.5. The van der Waals surface area contributed by atoms with Crippen molar-refractivity contribution in [3.63, 3.8) is 0 Å². The van der Waals surface area contributed by atoms with Gasteiger partial charge in [-0.3, -0.25) is 14.9 Å². The molecule has 0 saturated carbocycles. The van der Waals surface area contributed by atoms with Crippen LogP contribution in [0.3, 0.4) is 0 Å². The van der Waals surface area contributed by atoms with Crippen LogP contribution in [0.25, 0.3) is 22.1 Å². The Bertz CT molecular complexity index is 1540. The molecule has 0 bridgehead atoms. The molecule has 3 N–H and O–H groups in total. The number of halogens is 1. The SMILES string of the molecule is CCN(CC)CC=CC(=O)N1CCC[C@@H](n2nc(C(=O)Nc3nc4cc(Cl)ccc4o3)c3c(N)ncnc32)C1. The molecule has 2 amide bonds. The first-order chi connectivity index (χ1) is 18.9. The van der Waals surface area contributed by atoms with Gasteiger partial charge in [0.15, 0.2) is 16.9 Å². The number of likely N-dealkylation sites (N-methyl/N-ethyl adjacent to an activating group) is 1. The third kappa shape index (κ3) is 5.57. The number of carbonyl (C=O) groups excluding carboxylic acids is 2. The maximum atomic E-state index is 13.3. The van der Waals surface area contributed by atoms with Crippen molar-refractivity contribution in [2.45, 2.75) is 32.7 Å². The minimum Gasteiger partial charge on any atom is -0.423 e. The molecule has 1 saturated heterocycles. The van der Waals surface area contributed by atoms with E-state index in [1.807, 2.05) is 6.08 Å². The number of piperidine rings is 1. The topological polar surface area (TPSA) is 148 Å². The first kappa shape index (κ1) is 26.6. The number of nitrogens with one attached hydrogen (secondary N) is 1. The minimum absolute atomic E-state index is 0.00123. The summed E-state index contributed by atoms with van der Waals surface area (Å²) in [4.78, 5) is 43.0. The number of oxazole rings is 1. The van der Waals surface area contributed by atoms with Crippen molar-refractivity contribution in [1.82, 2.24) is 34.5 Å². The van der Waals surface area contributed by atoms with Gasteiger partial charge >= 0.3 is 6.01 Å². The molecule has 1 aliphatic rings. The van der Waals surface area contributed by atoms with Crippen molar-refractivity contribution < 1.29 is 14.0 Å². The van der Waals surface area contributed by atoms with Crippen LogP contribution in [-0.2, 0) is 4.79 Å². The number of anilines is 2. The van der Waals surface area contributed by atoms with E-state index in [1.54, 1.807) is 33.9 Å². The molecule has 1 aliphatic heterocycles. The maximum Gasteiger partial charge on any atom is 0.302 e. The fourth-order valence-electron chi connectivity index (χ4n) is 4.76. The lowest BCUT2D eigenvalue weighted by Gasteiger charge is -2.32. The summed E-state index contributed by atoms with van der Waals surface area (Å²) in [6.45, 7) is 7.84. The highest BCUT2D eigenvalue weighted by molar-refractivity contribution is 6.31. The summed E-state index contributed by atoms with van der Waals surface area (Å²) >= 11 is 6.03. The number of fused-ring (bicyclic) bond motifs is 2. The fraction of sp³-hybridized carbons (Fsp3) is 0.385. The van der Waals surface area contributed by atoms with Crippen LogP contribution in [0.2, 0.25) is 5.02 Å². The van der Waals surface area contributed by atoms with Gasteiger partial charge in [0, 0.05) is 30.7 Å². The lowest BCUT2D eigenvalue weighted by molar-refractivity contribution is -0.127. The summed E-state index contributed by atoms with van der Waals surface area (Å²) in [5, 5.41) is 8.09. The van der Waals surface area contributed by atoms with Crippen LogP contribution in [0.15, 0.2) is 41.1 Å². The first-order valence-electron chi connectivity index (χ1n) is 12.9. The Labute approximate surface area is 229 Å². The Balaban J connectivity index is 1.38. The first-order valence-corrected chi connectivity index (χ1v) is 13.3. The van der Waals surface area contributed by atoms with Crippen molar-refractivity contribution in [2.75, 3.05) is 43.8 Å². The minimum atomic E-state index is -0.569. The van der Waals surface area contributed by atoms with Gasteiger partial charge in [-0.25, -0.2) is 14.6 Å². The van der Waals surface area contributed by atoms with Crippen LogP contribution in [-0.4, -0.2) is 79.1 Å². The van der Waals surface area contributed by atoms with Crippen LogP contribution in [0.4, 0.5) is 11.8 Å². The van der Waals surface area contributed by atoms with Crippen LogP contribution in [0, 0.1) is 0 Å². The number of hydrogen-bond acceptors (Lipinski definition) is 9. The Morgan fingerprint density at radius 3 is 2.90 bits per heavy atom. The van der Waals surface area contributed by atoms with Crippen molar-refractivity contribution >= 4 is 57.4 Å². The average molecular weight is 552 g/mol. The number of likely N-dealkylation sites (tertiary alicyclic amines) is 1. The molecule has 13 heteroatoms. The van der Waals surface area contributed by atoms with Gasteiger partial charge in [-0.2, -0.15) is 10.1 Å². The normalized spacial score (nSPS) is 16.1. The smallest absolute Gasteiger partial charge is 0.302 e. The fourth-order valence-corrected chi connectivity index (χ4v) is 4.93. The molecule has 1 atom stereocenters. The second kappa shape index (κ2) is 11.4. The van der Waals surface area contributed by atoms with Gasteiger partial charge in [0.1, 0.15) is 17.7 Å². The van der Waals surface area contributed by atoms with E-state index in [0.717, 1.165) is 32.5 Å². The molecular weight excluding hydrogens is 522 g/mol. The molecule has 0 spiro atoms. The number of amides is 2. The van der Waals surface area contributed by atoms with E-state index in [0.29, 0.717) is 40.2 Å². The predicted octanol–water partition coefficient (Wildman–Crippen LogP) is 3.52. The van der Waals surface area contributed by atoms with E-state index < -0.39 is 5.91 Å². The zero-order valence-electron chi connectivity index (χ0n) is 21.8. The van der Waals surface area contributed by atoms with Crippen molar-refractivity contribution in [3.05, 3.63) is 47.4 Å². The molecule has 0 unspecified atom stereocenters. The molecule has 12 nitrogen and oxygen atoms in total. The lowest BCUT2D eigenvalue weighted by Crippen LogP contribution is -2.40. The summed E-state index contributed by atoms with van der Waals surface area (Å²) in [6, 6.07) is 4.80. The van der Waals surface area contributed by atoms with Crippen LogP contribution < -0.4 is 11.1 Å². The number of aromatic nitrogens is 5. The second-order valence-electron chi connectivity index (χ2n) is 9.30. The van der Waals surface area contributed by atoms with E-state index in [2.05, 4.69) is 44.1 Å². The molecule has 1 aromatic carbocycles. The molecule has 39 heavy (non-hydrogen) atoms. The molecule has 1 fully saturated rings. The summed E-state index contributed by atoms with van der Waals surface area (Å²) in [5.74, 6) is -0.490. The van der Waals surface area contributed by atoms with Gasteiger partial charge < -0.3 is 20.0 Å². The number of hydrogen-bond donors (Lipinski definition) is 2. The van der Waals surface area contributed by atoms with Gasteiger partial charge in [0.05, 0.1) is 11.4 Å².